The molecule has 1 aromatic heterocycles. The molecule has 1 amide bonds. The highest BCUT2D eigenvalue weighted by Crippen LogP contribution is 2.25. The summed E-state index contributed by atoms with van der Waals surface area (Å²) < 4.78 is 6.48. The average molecular weight is 525 g/mol. The highest BCUT2D eigenvalue weighted by atomic mass is 79.9. The second-order valence-electron chi connectivity index (χ2n) is 10.2. The van der Waals surface area contributed by atoms with Gasteiger partial charge in [-0.25, -0.2) is 0 Å². The maximum atomic E-state index is 12.9. The van der Waals surface area contributed by atoms with E-state index in [0.29, 0.717) is 18.3 Å². The van der Waals surface area contributed by atoms with Crippen LogP contribution in [-0.2, 0) is 16.8 Å². The predicted octanol–water partition coefficient (Wildman–Crippen LogP) is 5.89. The van der Waals surface area contributed by atoms with Gasteiger partial charge >= 0.3 is 0 Å². The Balaban J connectivity index is 1.26. The standard InChI is InChI=1S/C27H33BrN4O2/c1-18(19-5-9-22(10-6-19)27(2,3)4)29-26(33)21-13-15-32(16-14-21)17-24-30-25(31-34-24)20-7-11-23(28)12-8-20/h5-12,18,21H,13-17H2,1-4H3,(H,29,33). The van der Waals surface area contributed by atoms with E-state index in [4.69, 9.17) is 4.52 Å². The van der Waals surface area contributed by atoms with Crippen LogP contribution < -0.4 is 5.32 Å². The summed E-state index contributed by atoms with van der Waals surface area (Å²) in [6, 6.07) is 16.4. The first-order chi connectivity index (χ1) is 16.2. The summed E-state index contributed by atoms with van der Waals surface area (Å²) in [6.07, 6.45) is 1.66. The van der Waals surface area contributed by atoms with Crippen LogP contribution in [0.4, 0.5) is 0 Å². The van der Waals surface area contributed by atoms with Gasteiger partial charge in [0.25, 0.3) is 0 Å². The molecule has 4 rings (SSSR count). The first-order valence-electron chi connectivity index (χ1n) is 11.9. The van der Waals surface area contributed by atoms with E-state index >= 15 is 0 Å². The summed E-state index contributed by atoms with van der Waals surface area (Å²) >= 11 is 3.44. The number of nitrogens with zero attached hydrogens (tertiary/aromatic N) is 3. The topological polar surface area (TPSA) is 71.3 Å². The SMILES string of the molecule is CC(NC(=O)C1CCN(Cc2nc(-c3ccc(Br)cc3)no2)CC1)c1ccc(C(C)(C)C)cc1. The Morgan fingerprint density at radius 2 is 1.76 bits per heavy atom. The van der Waals surface area contributed by atoms with Crippen molar-refractivity contribution >= 4 is 21.8 Å². The lowest BCUT2D eigenvalue weighted by Gasteiger charge is -2.31. The normalized spacial score (nSPS) is 16.4. The van der Waals surface area contributed by atoms with E-state index in [1.54, 1.807) is 0 Å². The Labute approximate surface area is 210 Å². The Hall–Kier alpha value is -2.51. The first-order valence-corrected chi connectivity index (χ1v) is 12.7. The van der Waals surface area contributed by atoms with E-state index < -0.39 is 0 Å². The lowest BCUT2D eigenvalue weighted by Crippen LogP contribution is -2.41. The molecule has 1 aliphatic heterocycles. The summed E-state index contributed by atoms with van der Waals surface area (Å²) in [4.78, 5) is 19.7. The molecule has 2 heterocycles. The number of nitrogens with one attached hydrogen (secondary N) is 1. The first kappa shape index (κ1) is 24.6. The quantitative estimate of drug-likeness (QED) is 0.435. The molecule has 1 aliphatic rings. The summed E-state index contributed by atoms with van der Waals surface area (Å²) in [5.74, 6) is 1.38. The molecule has 34 heavy (non-hydrogen) atoms. The molecule has 0 spiro atoms. The van der Waals surface area contributed by atoms with Crippen molar-refractivity contribution in [2.75, 3.05) is 13.1 Å². The molecule has 0 aliphatic carbocycles. The lowest BCUT2D eigenvalue weighted by molar-refractivity contribution is -0.127. The number of hydrogen-bond acceptors (Lipinski definition) is 5. The lowest BCUT2D eigenvalue weighted by atomic mass is 9.86. The van der Waals surface area contributed by atoms with Gasteiger partial charge in [0.15, 0.2) is 0 Å². The highest BCUT2D eigenvalue weighted by Gasteiger charge is 2.27. The monoisotopic (exact) mass is 524 g/mol. The number of benzene rings is 2. The number of carbonyl (C=O) groups is 1. The van der Waals surface area contributed by atoms with Gasteiger partial charge in [-0.05, 0) is 73.7 Å². The zero-order chi connectivity index (χ0) is 24.3. The molecule has 1 saturated heterocycles. The minimum absolute atomic E-state index is 0.00466. The van der Waals surface area contributed by atoms with Crippen LogP contribution in [0, 0.1) is 5.92 Å². The van der Waals surface area contributed by atoms with Gasteiger partial charge in [-0.1, -0.05) is 66.1 Å². The number of likely N-dealkylation sites (tertiary alicyclic amines) is 1. The van der Waals surface area contributed by atoms with Gasteiger partial charge in [-0.15, -0.1) is 0 Å². The number of halogens is 1. The maximum Gasteiger partial charge on any atom is 0.241 e. The fourth-order valence-corrected chi connectivity index (χ4v) is 4.53. The van der Waals surface area contributed by atoms with Crippen molar-refractivity contribution in [3.63, 3.8) is 0 Å². The van der Waals surface area contributed by atoms with Crippen molar-refractivity contribution in [2.45, 2.75) is 58.5 Å². The van der Waals surface area contributed by atoms with E-state index in [-0.39, 0.29) is 23.3 Å². The molecule has 7 heteroatoms. The van der Waals surface area contributed by atoms with E-state index in [1.807, 2.05) is 24.3 Å². The number of amides is 1. The average Bonchev–Trinajstić information content (AvgIpc) is 3.28. The molecular weight excluding hydrogens is 492 g/mol. The summed E-state index contributed by atoms with van der Waals surface area (Å²) in [6.45, 7) is 11.0. The van der Waals surface area contributed by atoms with Crippen molar-refractivity contribution < 1.29 is 9.32 Å². The van der Waals surface area contributed by atoms with Gasteiger partial charge in [0.1, 0.15) is 0 Å². The van der Waals surface area contributed by atoms with Gasteiger partial charge in [0.05, 0.1) is 12.6 Å². The smallest absolute Gasteiger partial charge is 0.241 e. The number of aromatic nitrogens is 2. The van der Waals surface area contributed by atoms with Crippen LogP contribution >= 0.6 is 15.9 Å². The second-order valence-corrected chi connectivity index (χ2v) is 11.1. The molecule has 0 saturated carbocycles. The third-order valence-corrected chi connectivity index (χ3v) is 7.05. The summed E-state index contributed by atoms with van der Waals surface area (Å²) in [7, 11) is 0. The summed E-state index contributed by atoms with van der Waals surface area (Å²) in [5, 5.41) is 7.33. The van der Waals surface area contributed by atoms with Crippen LogP contribution in [0.3, 0.4) is 0 Å². The van der Waals surface area contributed by atoms with Gasteiger partial charge in [0, 0.05) is 16.0 Å². The van der Waals surface area contributed by atoms with Crippen LogP contribution in [0.15, 0.2) is 57.5 Å². The Bertz CT molecular complexity index is 1090. The van der Waals surface area contributed by atoms with Crippen LogP contribution in [0.1, 0.15) is 63.6 Å². The van der Waals surface area contributed by atoms with E-state index in [0.717, 1.165) is 41.5 Å². The number of rotatable bonds is 6. The van der Waals surface area contributed by atoms with Gasteiger partial charge in [-0.3, -0.25) is 9.69 Å². The van der Waals surface area contributed by atoms with Crippen molar-refractivity contribution in [3.05, 3.63) is 70.0 Å². The Morgan fingerprint density at radius 3 is 2.38 bits per heavy atom. The van der Waals surface area contributed by atoms with Crippen LogP contribution in [0.25, 0.3) is 11.4 Å². The third kappa shape index (κ3) is 6.13. The van der Waals surface area contributed by atoms with E-state index in [1.165, 1.54) is 5.56 Å². The van der Waals surface area contributed by atoms with Crippen molar-refractivity contribution in [1.82, 2.24) is 20.4 Å². The molecular formula is C27H33BrN4O2. The number of hydrogen-bond donors (Lipinski definition) is 1. The van der Waals surface area contributed by atoms with Crippen LogP contribution in [0.5, 0.6) is 0 Å². The van der Waals surface area contributed by atoms with E-state index in [9.17, 15) is 4.79 Å². The molecule has 6 nitrogen and oxygen atoms in total. The largest absolute Gasteiger partial charge is 0.349 e. The van der Waals surface area contributed by atoms with Gasteiger partial charge in [-0.2, -0.15) is 4.98 Å². The van der Waals surface area contributed by atoms with Gasteiger partial charge in [0.2, 0.25) is 17.6 Å². The zero-order valence-electron chi connectivity index (χ0n) is 20.3. The van der Waals surface area contributed by atoms with Crippen molar-refractivity contribution in [1.29, 1.82) is 0 Å². The van der Waals surface area contributed by atoms with Crippen molar-refractivity contribution in [3.8, 4) is 11.4 Å². The maximum absolute atomic E-state index is 12.9. The molecule has 180 valence electrons. The predicted molar refractivity (Wildman–Crippen MR) is 137 cm³/mol. The molecule has 1 fully saturated rings. The minimum Gasteiger partial charge on any atom is -0.349 e. The molecule has 3 aromatic rings. The van der Waals surface area contributed by atoms with Crippen LogP contribution in [-0.4, -0.2) is 34.0 Å². The summed E-state index contributed by atoms with van der Waals surface area (Å²) in [5.41, 5.74) is 3.49. The van der Waals surface area contributed by atoms with Crippen LogP contribution in [0.2, 0.25) is 0 Å². The number of carbonyl (C=O) groups excluding carboxylic acids is 1. The molecule has 1 atom stereocenters. The van der Waals surface area contributed by atoms with Crippen molar-refractivity contribution in [2.24, 2.45) is 5.92 Å². The Kier molecular flexibility index (Phi) is 7.53. The highest BCUT2D eigenvalue weighted by molar-refractivity contribution is 9.10. The molecule has 0 bridgehead atoms. The molecule has 1 N–H and O–H groups in total. The molecule has 0 radical (unpaired) electrons. The minimum atomic E-state index is -0.00466. The fourth-order valence-electron chi connectivity index (χ4n) is 4.27. The number of piperidine rings is 1. The second kappa shape index (κ2) is 10.4. The van der Waals surface area contributed by atoms with Gasteiger partial charge < -0.3 is 9.84 Å². The fraction of sp³-hybridized carbons (Fsp3) is 0.444. The molecule has 2 aromatic carbocycles. The van der Waals surface area contributed by atoms with E-state index in [2.05, 4.69) is 88.2 Å². The zero-order valence-corrected chi connectivity index (χ0v) is 21.9. The third-order valence-electron chi connectivity index (χ3n) is 6.52. The Morgan fingerprint density at radius 1 is 1.12 bits per heavy atom. The molecule has 1 unspecified atom stereocenters.